The van der Waals surface area contributed by atoms with E-state index < -0.39 is 28.2 Å². The molecular weight excluding hydrogens is 272 g/mol. The van der Waals surface area contributed by atoms with Crippen LogP contribution in [0.3, 0.4) is 0 Å². The summed E-state index contributed by atoms with van der Waals surface area (Å²) < 4.78 is 26.0. The lowest BCUT2D eigenvalue weighted by Gasteiger charge is -2.06. The van der Waals surface area contributed by atoms with E-state index in [1.807, 2.05) is 0 Å². The molecule has 2 rings (SSSR count). The molecule has 1 N–H and O–H groups in total. The molecule has 0 saturated heterocycles. The summed E-state index contributed by atoms with van der Waals surface area (Å²) in [6.45, 7) is 0. The van der Waals surface area contributed by atoms with E-state index >= 15 is 0 Å². The lowest BCUT2D eigenvalue weighted by atomic mass is 9.99. The fourth-order valence-electron chi connectivity index (χ4n) is 1.74. The van der Waals surface area contributed by atoms with E-state index in [1.165, 1.54) is 12.1 Å². The molecule has 7 heteroatoms. The van der Waals surface area contributed by atoms with Gasteiger partial charge in [-0.3, -0.25) is 10.1 Å². The Labute approximate surface area is 111 Å². The third-order valence-electron chi connectivity index (χ3n) is 2.67. The molecule has 0 aliphatic heterocycles. The van der Waals surface area contributed by atoms with Gasteiger partial charge in [-0.2, -0.15) is 0 Å². The number of rotatable bonds is 3. The highest BCUT2D eigenvalue weighted by atomic mass is 19.2. The quantitative estimate of drug-likeness (QED) is 0.690. The summed E-state index contributed by atoms with van der Waals surface area (Å²) in [6.07, 6.45) is 0. The van der Waals surface area contributed by atoms with Gasteiger partial charge in [-0.05, 0) is 29.3 Å². The smallest absolute Gasteiger partial charge is 0.336 e. The number of halogens is 2. The lowest BCUT2D eigenvalue weighted by molar-refractivity contribution is -0.384. The van der Waals surface area contributed by atoms with Gasteiger partial charge in [0.1, 0.15) is 0 Å². The van der Waals surface area contributed by atoms with Crippen LogP contribution in [0.5, 0.6) is 0 Å². The predicted octanol–water partition coefficient (Wildman–Crippen LogP) is 3.24. The van der Waals surface area contributed by atoms with E-state index in [0.29, 0.717) is 0 Å². The molecule has 0 spiro atoms. The van der Waals surface area contributed by atoms with E-state index in [1.54, 1.807) is 0 Å². The number of hydrogen-bond acceptors (Lipinski definition) is 3. The van der Waals surface area contributed by atoms with Crippen molar-refractivity contribution >= 4 is 11.7 Å². The standard InChI is InChI=1S/C13H7F2NO4/c14-11-4-1-7(5-12(11)15)9-3-2-8(16(19)20)6-10(9)13(17)18/h1-6H,(H,17,18). The Morgan fingerprint density at radius 1 is 1.10 bits per heavy atom. The van der Waals surface area contributed by atoms with Crippen LogP contribution >= 0.6 is 0 Å². The molecule has 5 nitrogen and oxygen atoms in total. The highest BCUT2D eigenvalue weighted by molar-refractivity contribution is 5.96. The summed E-state index contributed by atoms with van der Waals surface area (Å²) in [4.78, 5) is 21.0. The van der Waals surface area contributed by atoms with Gasteiger partial charge in [0.25, 0.3) is 5.69 Å². The molecule has 0 aliphatic rings. The van der Waals surface area contributed by atoms with Gasteiger partial charge in [-0.25, -0.2) is 13.6 Å². The molecule has 0 fully saturated rings. The summed E-state index contributed by atoms with van der Waals surface area (Å²) >= 11 is 0. The third kappa shape index (κ3) is 2.46. The minimum absolute atomic E-state index is 0.0713. The van der Waals surface area contributed by atoms with E-state index in [9.17, 15) is 23.7 Å². The first-order chi connectivity index (χ1) is 9.40. The Bertz CT molecular complexity index is 716. The van der Waals surface area contributed by atoms with Crippen molar-refractivity contribution < 1.29 is 23.6 Å². The summed E-state index contributed by atoms with van der Waals surface area (Å²) in [5, 5.41) is 19.7. The van der Waals surface area contributed by atoms with Gasteiger partial charge in [0.05, 0.1) is 10.5 Å². The number of non-ortho nitro benzene ring substituents is 1. The number of carbonyl (C=O) groups is 1. The number of hydrogen-bond donors (Lipinski definition) is 1. The van der Waals surface area contributed by atoms with Gasteiger partial charge in [0.2, 0.25) is 0 Å². The second-order valence-corrected chi connectivity index (χ2v) is 3.92. The fraction of sp³-hybridized carbons (Fsp3) is 0. The maximum absolute atomic E-state index is 13.2. The average Bonchev–Trinajstić information content (AvgIpc) is 2.41. The van der Waals surface area contributed by atoms with E-state index in [-0.39, 0.29) is 16.7 Å². The van der Waals surface area contributed by atoms with Gasteiger partial charge in [0.15, 0.2) is 11.6 Å². The molecule has 0 bridgehead atoms. The van der Waals surface area contributed by atoms with Crippen LogP contribution in [0.25, 0.3) is 11.1 Å². The monoisotopic (exact) mass is 279 g/mol. The Balaban J connectivity index is 2.63. The molecular formula is C13H7F2NO4. The summed E-state index contributed by atoms with van der Waals surface area (Å²) in [6, 6.07) is 6.06. The zero-order valence-electron chi connectivity index (χ0n) is 9.84. The highest BCUT2D eigenvalue weighted by Gasteiger charge is 2.17. The molecule has 2 aromatic rings. The number of benzene rings is 2. The number of nitro benzene ring substituents is 1. The zero-order valence-corrected chi connectivity index (χ0v) is 9.84. The maximum atomic E-state index is 13.2. The van der Waals surface area contributed by atoms with Gasteiger partial charge in [0, 0.05) is 12.1 Å². The number of nitro groups is 1. The van der Waals surface area contributed by atoms with Crippen LogP contribution in [0.2, 0.25) is 0 Å². The minimum atomic E-state index is -1.39. The summed E-state index contributed by atoms with van der Waals surface area (Å²) in [7, 11) is 0. The van der Waals surface area contributed by atoms with E-state index in [2.05, 4.69) is 0 Å². The molecule has 20 heavy (non-hydrogen) atoms. The third-order valence-corrected chi connectivity index (χ3v) is 2.67. The van der Waals surface area contributed by atoms with E-state index in [4.69, 9.17) is 5.11 Å². The van der Waals surface area contributed by atoms with Gasteiger partial charge in [-0.15, -0.1) is 0 Å². The highest BCUT2D eigenvalue weighted by Crippen LogP contribution is 2.28. The number of carboxylic acid groups (broad SMARTS) is 1. The van der Waals surface area contributed by atoms with Crippen molar-refractivity contribution in [1.82, 2.24) is 0 Å². The van der Waals surface area contributed by atoms with Crippen LogP contribution in [0.1, 0.15) is 10.4 Å². The summed E-state index contributed by atoms with van der Waals surface area (Å²) in [5.74, 6) is -3.59. The normalized spacial score (nSPS) is 10.3. The molecule has 0 aliphatic carbocycles. The minimum Gasteiger partial charge on any atom is -0.478 e. The number of aromatic carboxylic acids is 1. The van der Waals surface area contributed by atoms with Crippen molar-refractivity contribution in [1.29, 1.82) is 0 Å². The molecule has 0 amide bonds. The van der Waals surface area contributed by atoms with Gasteiger partial charge >= 0.3 is 5.97 Å². The molecule has 0 aromatic heterocycles. The maximum Gasteiger partial charge on any atom is 0.336 e. The Kier molecular flexibility index (Phi) is 3.43. The second-order valence-electron chi connectivity index (χ2n) is 3.92. The molecule has 0 radical (unpaired) electrons. The molecule has 0 heterocycles. The Morgan fingerprint density at radius 2 is 1.80 bits per heavy atom. The van der Waals surface area contributed by atoms with Crippen LogP contribution in [0.4, 0.5) is 14.5 Å². The summed E-state index contributed by atoms with van der Waals surface area (Å²) in [5.41, 5.74) is -0.558. The predicted molar refractivity (Wildman–Crippen MR) is 65.4 cm³/mol. The van der Waals surface area contributed by atoms with Crippen molar-refractivity contribution in [2.75, 3.05) is 0 Å². The second kappa shape index (κ2) is 5.04. The first kappa shape index (κ1) is 13.6. The van der Waals surface area contributed by atoms with Crippen molar-refractivity contribution in [3.8, 4) is 11.1 Å². The Hall–Kier alpha value is -2.83. The van der Waals surface area contributed by atoms with E-state index in [0.717, 1.165) is 24.3 Å². The van der Waals surface area contributed by atoms with Crippen LogP contribution in [0, 0.1) is 21.7 Å². The van der Waals surface area contributed by atoms with Crippen molar-refractivity contribution in [3.63, 3.8) is 0 Å². The van der Waals surface area contributed by atoms with Crippen LogP contribution in [0.15, 0.2) is 36.4 Å². The fourth-order valence-corrected chi connectivity index (χ4v) is 1.74. The first-order valence-corrected chi connectivity index (χ1v) is 5.37. The van der Waals surface area contributed by atoms with Gasteiger partial charge in [-0.1, -0.05) is 6.07 Å². The molecule has 0 saturated carbocycles. The van der Waals surface area contributed by atoms with Crippen molar-refractivity contribution in [3.05, 3.63) is 63.7 Å². The molecule has 102 valence electrons. The largest absolute Gasteiger partial charge is 0.478 e. The average molecular weight is 279 g/mol. The van der Waals surface area contributed by atoms with Crippen LogP contribution < -0.4 is 0 Å². The zero-order chi connectivity index (χ0) is 14.9. The number of carboxylic acids is 1. The van der Waals surface area contributed by atoms with Crippen LogP contribution in [-0.4, -0.2) is 16.0 Å². The molecule has 2 aromatic carbocycles. The lowest BCUT2D eigenvalue weighted by Crippen LogP contribution is -2.01. The topological polar surface area (TPSA) is 80.4 Å². The van der Waals surface area contributed by atoms with Gasteiger partial charge < -0.3 is 5.11 Å². The molecule has 0 atom stereocenters. The first-order valence-electron chi connectivity index (χ1n) is 5.37. The SMILES string of the molecule is O=C(O)c1cc([N+](=O)[O-])ccc1-c1ccc(F)c(F)c1. The van der Waals surface area contributed by atoms with Crippen molar-refractivity contribution in [2.24, 2.45) is 0 Å². The van der Waals surface area contributed by atoms with Crippen molar-refractivity contribution in [2.45, 2.75) is 0 Å². The molecule has 0 unspecified atom stereocenters. The van der Waals surface area contributed by atoms with Crippen LogP contribution in [-0.2, 0) is 0 Å². The Morgan fingerprint density at radius 3 is 2.35 bits per heavy atom. The number of nitrogens with zero attached hydrogens (tertiary/aromatic N) is 1.